The second-order valence-electron chi connectivity index (χ2n) is 6.77. The molecule has 0 amide bonds. The SMILES string of the molecule is CC(C)(C)Cc1ccc(N=NC(C)(C)C)cc1. The molecule has 0 atom stereocenters. The molecule has 0 aliphatic heterocycles. The molecule has 0 saturated heterocycles. The molecule has 1 aromatic carbocycles. The van der Waals surface area contributed by atoms with Gasteiger partial charge in [0.05, 0.1) is 11.2 Å². The Kier molecular flexibility index (Phi) is 4.07. The zero-order valence-electron chi connectivity index (χ0n) is 11.9. The third kappa shape index (κ3) is 6.20. The Hall–Kier alpha value is -1.18. The lowest BCUT2D eigenvalue weighted by atomic mass is 9.88. The van der Waals surface area contributed by atoms with Crippen molar-refractivity contribution in [3.8, 4) is 0 Å². The molecule has 2 heteroatoms. The summed E-state index contributed by atoms with van der Waals surface area (Å²) in [5, 5.41) is 8.50. The molecule has 0 spiro atoms. The molecule has 1 aromatic rings. The quantitative estimate of drug-likeness (QED) is 0.629. The molecule has 2 nitrogen and oxygen atoms in total. The number of azo groups is 1. The monoisotopic (exact) mass is 232 g/mol. The second-order valence-corrected chi connectivity index (χ2v) is 6.77. The van der Waals surface area contributed by atoms with Crippen LogP contribution in [0.5, 0.6) is 0 Å². The van der Waals surface area contributed by atoms with Gasteiger partial charge >= 0.3 is 0 Å². The van der Waals surface area contributed by atoms with Gasteiger partial charge in [-0.3, -0.25) is 0 Å². The highest BCUT2D eigenvalue weighted by atomic mass is 15.1. The van der Waals surface area contributed by atoms with Crippen LogP contribution in [0.15, 0.2) is 34.5 Å². The number of hydrogen-bond acceptors (Lipinski definition) is 2. The van der Waals surface area contributed by atoms with E-state index in [1.165, 1.54) is 5.56 Å². The van der Waals surface area contributed by atoms with Gasteiger partial charge < -0.3 is 0 Å². The van der Waals surface area contributed by atoms with E-state index >= 15 is 0 Å². The first-order valence-electron chi connectivity index (χ1n) is 6.18. The van der Waals surface area contributed by atoms with Crippen molar-refractivity contribution in [1.29, 1.82) is 0 Å². The van der Waals surface area contributed by atoms with Crippen LogP contribution in [0, 0.1) is 5.41 Å². The van der Waals surface area contributed by atoms with E-state index < -0.39 is 0 Å². The summed E-state index contributed by atoms with van der Waals surface area (Å²) in [5.74, 6) is 0. The molecule has 0 radical (unpaired) electrons. The predicted molar refractivity (Wildman–Crippen MR) is 73.9 cm³/mol. The Bertz CT molecular complexity index is 375. The lowest BCUT2D eigenvalue weighted by Gasteiger charge is -2.17. The van der Waals surface area contributed by atoms with Gasteiger partial charge in [-0.05, 0) is 50.3 Å². The van der Waals surface area contributed by atoms with E-state index in [-0.39, 0.29) is 5.54 Å². The van der Waals surface area contributed by atoms with Crippen molar-refractivity contribution in [3.63, 3.8) is 0 Å². The van der Waals surface area contributed by atoms with Gasteiger partial charge in [0.25, 0.3) is 0 Å². The minimum absolute atomic E-state index is 0.107. The van der Waals surface area contributed by atoms with E-state index in [2.05, 4.69) is 43.1 Å². The summed E-state index contributed by atoms with van der Waals surface area (Å²) in [6.45, 7) is 12.9. The molecular weight excluding hydrogens is 208 g/mol. The average Bonchev–Trinajstić information content (AvgIpc) is 2.13. The molecule has 94 valence electrons. The summed E-state index contributed by atoms with van der Waals surface area (Å²) in [7, 11) is 0. The van der Waals surface area contributed by atoms with E-state index in [9.17, 15) is 0 Å². The number of rotatable bonds is 2. The van der Waals surface area contributed by atoms with Gasteiger partial charge in [-0.25, -0.2) is 0 Å². The summed E-state index contributed by atoms with van der Waals surface area (Å²) in [6, 6.07) is 8.36. The minimum Gasteiger partial charge on any atom is -0.183 e. The highest BCUT2D eigenvalue weighted by Gasteiger charge is 2.11. The molecule has 0 aliphatic rings. The fourth-order valence-corrected chi connectivity index (χ4v) is 1.50. The molecule has 17 heavy (non-hydrogen) atoms. The molecule has 0 N–H and O–H groups in total. The van der Waals surface area contributed by atoms with Gasteiger partial charge in [-0.15, -0.1) is 0 Å². The molecule has 0 fully saturated rings. The van der Waals surface area contributed by atoms with E-state index in [4.69, 9.17) is 0 Å². The van der Waals surface area contributed by atoms with Crippen molar-refractivity contribution in [3.05, 3.63) is 29.8 Å². The number of nitrogens with zero attached hydrogens (tertiary/aromatic N) is 2. The Morgan fingerprint density at radius 1 is 0.882 bits per heavy atom. The standard InChI is InChI=1S/C15H24N2/c1-14(2,3)11-12-7-9-13(10-8-12)16-17-15(4,5)6/h7-10H,11H2,1-6H3. The lowest BCUT2D eigenvalue weighted by molar-refractivity contribution is 0.411. The Labute approximate surface area is 105 Å². The molecule has 0 heterocycles. The van der Waals surface area contributed by atoms with Crippen LogP contribution in [-0.4, -0.2) is 5.54 Å². The van der Waals surface area contributed by atoms with Crippen LogP contribution in [0.4, 0.5) is 5.69 Å². The van der Waals surface area contributed by atoms with Crippen LogP contribution < -0.4 is 0 Å². The van der Waals surface area contributed by atoms with Gasteiger partial charge in [-0.2, -0.15) is 10.2 Å². The van der Waals surface area contributed by atoms with Crippen molar-refractivity contribution >= 4 is 5.69 Å². The number of benzene rings is 1. The zero-order chi connectivity index (χ0) is 13.1. The zero-order valence-corrected chi connectivity index (χ0v) is 11.9. The molecule has 0 bridgehead atoms. The highest BCUT2D eigenvalue weighted by Crippen LogP contribution is 2.23. The normalized spacial score (nSPS) is 13.3. The van der Waals surface area contributed by atoms with Crippen LogP contribution >= 0.6 is 0 Å². The van der Waals surface area contributed by atoms with Crippen LogP contribution in [-0.2, 0) is 6.42 Å². The summed E-state index contributed by atoms with van der Waals surface area (Å²) >= 11 is 0. The molecule has 0 saturated carbocycles. The van der Waals surface area contributed by atoms with Gasteiger partial charge in [0.1, 0.15) is 0 Å². The average molecular weight is 232 g/mol. The summed E-state index contributed by atoms with van der Waals surface area (Å²) in [5.41, 5.74) is 2.50. The Morgan fingerprint density at radius 2 is 1.41 bits per heavy atom. The Balaban J connectivity index is 2.72. The topological polar surface area (TPSA) is 24.7 Å². The van der Waals surface area contributed by atoms with E-state index in [1.54, 1.807) is 0 Å². The largest absolute Gasteiger partial charge is 0.183 e. The van der Waals surface area contributed by atoms with E-state index in [1.807, 2.05) is 32.9 Å². The van der Waals surface area contributed by atoms with Gasteiger partial charge in [-0.1, -0.05) is 32.9 Å². The van der Waals surface area contributed by atoms with Crippen LogP contribution in [0.2, 0.25) is 0 Å². The first-order chi connectivity index (χ1) is 7.66. The molecular formula is C15H24N2. The minimum atomic E-state index is -0.107. The summed E-state index contributed by atoms with van der Waals surface area (Å²) in [6.07, 6.45) is 1.09. The van der Waals surface area contributed by atoms with Gasteiger partial charge in [0, 0.05) is 0 Å². The van der Waals surface area contributed by atoms with Gasteiger partial charge in [0.15, 0.2) is 0 Å². The van der Waals surface area contributed by atoms with E-state index in [0.717, 1.165) is 12.1 Å². The Morgan fingerprint density at radius 3 is 1.82 bits per heavy atom. The number of hydrogen-bond donors (Lipinski definition) is 0. The van der Waals surface area contributed by atoms with Gasteiger partial charge in [0.2, 0.25) is 0 Å². The fourth-order valence-electron chi connectivity index (χ4n) is 1.50. The van der Waals surface area contributed by atoms with Crippen LogP contribution in [0.25, 0.3) is 0 Å². The van der Waals surface area contributed by atoms with E-state index in [0.29, 0.717) is 5.41 Å². The predicted octanol–water partition coefficient (Wildman–Crippen LogP) is 5.16. The second kappa shape index (κ2) is 4.99. The van der Waals surface area contributed by atoms with Crippen LogP contribution in [0.3, 0.4) is 0 Å². The summed E-state index contributed by atoms with van der Waals surface area (Å²) < 4.78 is 0. The van der Waals surface area contributed by atoms with Crippen LogP contribution in [0.1, 0.15) is 47.1 Å². The summed E-state index contributed by atoms with van der Waals surface area (Å²) in [4.78, 5) is 0. The molecule has 0 aromatic heterocycles. The van der Waals surface area contributed by atoms with Crippen molar-refractivity contribution in [2.24, 2.45) is 15.6 Å². The van der Waals surface area contributed by atoms with Crippen molar-refractivity contribution in [2.75, 3.05) is 0 Å². The fraction of sp³-hybridized carbons (Fsp3) is 0.600. The first kappa shape index (κ1) is 13.9. The lowest BCUT2D eigenvalue weighted by Crippen LogP contribution is -2.08. The molecule has 1 rings (SSSR count). The highest BCUT2D eigenvalue weighted by molar-refractivity contribution is 5.38. The van der Waals surface area contributed by atoms with Crippen molar-refractivity contribution in [2.45, 2.75) is 53.5 Å². The third-order valence-corrected chi connectivity index (χ3v) is 2.14. The molecule has 0 aliphatic carbocycles. The van der Waals surface area contributed by atoms with Crippen molar-refractivity contribution in [1.82, 2.24) is 0 Å². The molecule has 0 unspecified atom stereocenters. The third-order valence-electron chi connectivity index (χ3n) is 2.14. The van der Waals surface area contributed by atoms with Crippen molar-refractivity contribution < 1.29 is 0 Å². The maximum absolute atomic E-state index is 4.26. The smallest absolute Gasteiger partial charge is 0.0852 e. The maximum Gasteiger partial charge on any atom is 0.0852 e. The first-order valence-corrected chi connectivity index (χ1v) is 6.18. The maximum atomic E-state index is 4.26.